The number of rotatable bonds is 28. The van der Waals surface area contributed by atoms with Crippen molar-refractivity contribution >= 4 is 48.6 Å². The van der Waals surface area contributed by atoms with Gasteiger partial charge in [-0.05, 0) is 89.7 Å². The maximum Gasteiger partial charge on any atom is 0.326 e. The van der Waals surface area contributed by atoms with Gasteiger partial charge >= 0.3 is 5.97 Å². The number of aliphatic carboxylic acids is 1. The van der Waals surface area contributed by atoms with Crippen molar-refractivity contribution in [3.8, 4) is 5.75 Å². The lowest BCUT2D eigenvalue weighted by Gasteiger charge is -2.35. The number of para-hydroxylation sites is 1. The van der Waals surface area contributed by atoms with Crippen LogP contribution in [-0.2, 0) is 54.3 Å². The van der Waals surface area contributed by atoms with Gasteiger partial charge in [0, 0.05) is 58.3 Å². The lowest BCUT2D eigenvalue weighted by molar-refractivity contribution is -0.144. The highest BCUT2D eigenvalue weighted by Gasteiger charge is 2.38. The van der Waals surface area contributed by atoms with E-state index >= 15 is 0 Å². The van der Waals surface area contributed by atoms with Crippen molar-refractivity contribution in [2.75, 3.05) is 62.6 Å². The van der Waals surface area contributed by atoms with Gasteiger partial charge in [-0.1, -0.05) is 93.9 Å². The molecule has 72 heavy (non-hydrogen) atoms. The van der Waals surface area contributed by atoms with Crippen LogP contribution in [0.5, 0.6) is 5.75 Å². The van der Waals surface area contributed by atoms with Crippen molar-refractivity contribution < 1.29 is 57.7 Å². The van der Waals surface area contributed by atoms with E-state index in [4.69, 9.17) is 14.2 Å². The molecule has 0 radical (unpaired) electrons. The standard InChI is InChI=1S/C20H28N2O6.C12H24N2O2.C11H25NO.C10H13NO3.CH4/c1-13(18(28-3)16-8-6-10-22(16)12-23)19(24)21-15(20(25)26)11-14-7-4-5-9-17(14)27-2;1-8(2)10(7-15)13-12(16)11(9(3)4)14(5)6;1-7-9(3)11(12(4)5)10(8-2)13-6;12-8-4-2-1-3-7-11-9(13)5-6-10(11)14;/h4-5,7,9,12-13,15-16,18H,6,8,10-11H2,1-3H3,(H,21,24)(H,25,26);7-11H,1-6H3,(H,13,16);9-11H,7-8H2,1-6H3;5-6,8H,1-4,7H2;1H4/t;10-,11?;;;/m.1.../s1. The minimum absolute atomic E-state index is 0. The summed E-state index contributed by atoms with van der Waals surface area (Å²) in [5, 5.41) is 15.0. The van der Waals surface area contributed by atoms with Crippen molar-refractivity contribution in [1.29, 1.82) is 0 Å². The summed E-state index contributed by atoms with van der Waals surface area (Å²) >= 11 is 0. The molecule has 18 heteroatoms. The van der Waals surface area contributed by atoms with Crippen molar-refractivity contribution in [2.45, 2.75) is 163 Å². The Kier molecular flexibility index (Phi) is 36.1. The summed E-state index contributed by atoms with van der Waals surface area (Å²) in [5.41, 5.74) is 0.691. The number of benzene rings is 1. The minimum atomic E-state index is -1.13. The number of likely N-dealkylation sites (N-methyl/N-ethyl adjacent to an activating group) is 2. The fraction of sp³-hybridized carbons (Fsp3) is 0.704. The zero-order valence-corrected chi connectivity index (χ0v) is 45.6. The lowest BCUT2D eigenvalue weighted by atomic mass is 9.92. The van der Waals surface area contributed by atoms with Gasteiger partial charge in [0.1, 0.15) is 24.4 Å². The molecule has 3 rings (SSSR count). The summed E-state index contributed by atoms with van der Waals surface area (Å²) in [6, 6.07) is 5.75. The second kappa shape index (κ2) is 37.7. The van der Waals surface area contributed by atoms with Gasteiger partial charge in [-0.3, -0.25) is 33.8 Å². The zero-order valence-electron chi connectivity index (χ0n) is 45.6. The fourth-order valence-electron chi connectivity index (χ4n) is 8.80. The van der Waals surface area contributed by atoms with E-state index in [2.05, 4.69) is 50.4 Å². The largest absolute Gasteiger partial charge is 0.496 e. The van der Waals surface area contributed by atoms with Crippen LogP contribution in [0, 0.1) is 23.7 Å². The van der Waals surface area contributed by atoms with Crippen molar-refractivity contribution in [1.82, 2.24) is 30.2 Å². The number of carbonyl (C=O) groups excluding carboxylic acids is 7. The highest BCUT2D eigenvalue weighted by Crippen LogP contribution is 2.26. The Morgan fingerprint density at radius 2 is 1.43 bits per heavy atom. The number of nitrogens with zero attached hydrogens (tertiary/aromatic N) is 4. The number of amides is 5. The molecule has 2 aliphatic rings. The highest BCUT2D eigenvalue weighted by atomic mass is 16.5. The minimum Gasteiger partial charge on any atom is -0.496 e. The first kappa shape index (κ1) is 69.0. The van der Waals surface area contributed by atoms with Crippen LogP contribution < -0.4 is 15.4 Å². The van der Waals surface area contributed by atoms with Crippen LogP contribution in [0.25, 0.3) is 0 Å². The first-order valence-corrected chi connectivity index (χ1v) is 25.0. The lowest BCUT2D eigenvalue weighted by Crippen LogP contribution is -2.51. The molecular formula is C54H94N6O12. The number of ether oxygens (including phenoxy) is 3. The van der Waals surface area contributed by atoms with Crippen molar-refractivity contribution in [3.05, 3.63) is 42.0 Å². The molecule has 1 aromatic rings. The molecule has 1 fully saturated rings. The Morgan fingerprint density at radius 3 is 1.88 bits per heavy atom. The highest BCUT2D eigenvalue weighted by molar-refractivity contribution is 6.12. The summed E-state index contributed by atoms with van der Waals surface area (Å²) < 4.78 is 16.3. The first-order chi connectivity index (χ1) is 33.6. The molecule has 0 bridgehead atoms. The summed E-state index contributed by atoms with van der Waals surface area (Å²) in [6.45, 7) is 17.3. The third-order valence-corrected chi connectivity index (χ3v) is 12.9. The number of hydrogen-bond acceptors (Lipinski definition) is 13. The molecular weight excluding hydrogens is 925 g/mol. The summed E-state index contributed by atoms with van der Waals surface area (Å²) in [7, 11) is 12.8. The molecule has 0 aromatic heterocycles. The van der Waals surface area contributed by atoms with E-state index in [-0.39, 0.29) is 55.5 Å². The number of likely N-dealkylation sites (tertiary alicyclic amines) is 1. The summed E-state index contributed by atoms with van der Waals surface area (Å²) in [5.74, 6) is -1.11. The summed E-state index contributed by atoms with van der Waals surface area (Å²) in [6.07, 6.45) is 11.9. The molecule has 8 unspecified atom stereocenters. The fourth-order valence-corrected chi connectivity index (χ4v) is 8.80. The molecule has 3 N–H and O–H groups in total. The topological polar surface area (TPSA) is 221 Å². The van der Waals surface area contributed by atoms with Crippen LogP contribution in [0.3, 0.4) is 0 Å². The SMILES string of the molecule is C.CC(C)C(C(=O)N[C@H](C=O)C(C)C)N(C)C.CCC(C)C(C(CC)OC)N(C)C.COc1ccccc1CC(NC(=O)C(C)C(OC)C1CCCN1C=O)C(=O)O.O=CCCCCCN1C(=O)C=CC1=O. The maximum absolute atomic E-state index is 12.8. The number of carboxylic acid groups (broad SMARTS) is 1. The van der Waals surface area contributed by atoms with E-state index in [1.807, 2.05) is 53.8 Å². The van der Waals surface area contributed by atoms with Crippen LogP contribution in [0.1, 0.15) is 120 Å². The van der Waals surface area contributed by atoms with Gasteiger partial charge in [-0.25, -0.2) is 4.79 Å². The predicted octanol–water partition coefficient (Wildman–Crippen LogP) is 5.69. The Bertz CT molecular complexity index is 1760. The van der Waals surface area contributed by atoms with E-state index < -0.39 is 36.0 Å². The molecule has 412 valence electrons. The van der Waals surface area contributed by atoms with Gasteiger partial charge in [-0.2, -0.15) is 0 Å². The van der Waals surface area contributed by atoms with Crippen LogP contribution in [0.2, 0.25) is 0 Å². The van der Waals surface area contributed by atoms with E-state index in [1.165, 1.54) is 37.7 Å². The molecule has 9 atom stereocenters. The van der Waals surface area contributed by atoms with Crippen LogP contribution >= 0.6 is 0 Å². The Balaban J connectivity index is 0. The maximum atomic E-state index is 12.8. The third-order valence-electron chi connectivity index (χ3n) is 12.9. The average Bonchev–Trinajstić information content (AvgIpc) is 3.94. The first-order valence-electron chi connectivity index (χ1n) is 25.0. The molecule has 0 saturated carbocycles. The van der Waals surface area contributed by atoms with Crippen LogP contribution in [-0.4, -0.2) is 178 Å². The number of nitrogens with one attached hydrogen (secondary N) is 2. The van der Waals surface area contributed by atoms with Gasteiger partial charge < -0.3 is 49.3 Å². The van der Waals surface area contributed by atoms with Crippen molar-refractivity contribution in [3.63, 3.8) is 0 Å². The Morgan fingerprint density at radius 1 is 0.819 bits per heavy atom. The molecule has 2 aliphatic heterocycles. The normalized spacial score (nSPS) is 17.3. The number of hydrogen-bond donors (Lipinski definition) is 3. The van der Waals surface area contributed by atoms with Gasteiger partial charge in [0.05, 0.1) is 43.4 Å². The summed E-state index contributed by atoms with van der Waals surface area (Å²) in [4.78, 5) is 97.7. The zero-order chi connectivity index (χ0) is 54.4. The number of carbonyl (C=O) groups is 8. The van der Waals surface area contributed by atoms with Crippen LogP contribution in [0.4, 0.5) is 0 Å². The number of methoxy groups -OCH3 is 3. The van der Waals surface area contributed by atoms with E-state index in [1.54, 1.807) is 36.1 Å². The Labute approximate surface area is 432 Å². The predicted molar refractivity (Wildman–Crippen MR) is 282 cm³/mol. The van der Waals surface area contributed by atoms with E-state index in [9.17, 15) is 43.5 Å². The second-order valence-corrected chi connectivity index (χ2v) is 19.2. The quantitative estimate of drug-likeness (QED) is 0.0522. The number of carboxylic acids is 1. The number of aldehydes is 2. The van der Waals surface area contributed by atoms with Gasteiger partial charge in [-0.15, -0.1) is 0 Å². The van der Waals surface area contributed by atoms with E-state index in [0.717, 1.165) is 57.5 Å². The molecule has 0 spiro atoms. The third kappa shape index (κ3) is 23.7. The Hall–Kier alpha value is -5.04. The molecule has 2 heterocycles. The van der Waals surface area contributed by atoms with Gasteiger partial charge in [0.2, 0.25) is 18.2 Å². The van der Waals surface area contributed by atoms with E-state index in [0.29, 0.717) is 48.9 Å². The number of unbranched alkanes of at least 4 members (excludes halogenated alkanes) is 3. The number of imide groups is 1. The monoisotopic (exact) mass is 1020 g/mol. The van der Waals surface area contributed by atoms with Gasteiger partial charge in [0.15, 0.2) is 0 Å². The molecule has 18 nitrogen and oxygen atoms in total. The molecule has 1 saturated heterocycles. The molecule has 5 amide bonds. The van der Waals surface area contributed by atoms with Gasteiger partial charge in [0.25, 0.3) is 11.8 Å². The smallest absolute Gasteiger partial charge is 0.326 e. The molecule has 1 aromatic carbocycles. The van der Waals surface area contributed by atoms with Crippen LogP contribution in [0.15, 0.2) is 36.4 Å². The molecule has 0 aliphatic carbocycles. The van der Waals surface area contributed by atoms with Crippen molar-refractivity contribution in [2.24, 2.45) is 23.7 Å². The average molecular weight is 1020 g/mol. The second-order valence-electron chi connectivity index (χ2n) is 19.2.